The van der Waals surface area contributed by atoms with Gasteiger partial charge in [-0.1, -0.05) is 0 Å². The van der Waals surface area contributed by atoms with Gasteiger partial charge in [0.2, 0.25) is 0 Å². The highest BCUT2D eigenvalue weighted by atomic mass is 32.1. The van der Waals surface area contributed by atoms with Crippen molar-refractivity contribution in [2.75, 3.05) is 0 Å². The van der Waals surface area contributed by atoms with Crippen molar-refractivity contribution in [2.24, 2.45) is 0 Å². The largest absolute Gasteiger partial charge is 0.207 e. The zero-order valence-corrected chi connectivity index (χ0v) is 6.29. The van der Waals surface area contributed by atoms with Crippen LogP contribution in [0, 0.1) is 5.82 Å². The van der Waals surface area contributed by atoms with Gasteiger partial charge in [-0.05, 0) is 18.2 Å². The molecular weight excluding hydrogens is 155 g/mol. The molecule has 0 heterocycles. The zero-order valence-electron chi connectivity index (χ0n) is 4.50. The maximum atomic E-state index is 12.3. The summed E-state index contributed by atoms with van der Waals surface area (Å²) in [7, 11) is 0. The molecule has 0 fully saturated rings. The van der Waals surface area contributed by atoms with Crippen LogP contribution in [0.4, 0.5) is 4.39 Å². The van der Waals surface area contributed by atoms with Gasteiger partial charge in [0.25, 0.3) is 0 Å². The standard InChI is InChI=1S/C6H5FS2/c7-4-1-2-5(8)6(9)3-4/h1-3,8-9H. The second-order valence-corrected chi connectivity index (χ2v) is 2.60. The van der Waals surface area contributed by atoms with Gasteiger partial charge >= 0.3 is 0 Å². The smallest absolute Gasteiger partial charge is 0.124 e. The molecule has 0 spiro atoms. The van der Waals surface area contributed by atoms with E-state index in [0.29, 0.717) is 9.79 Å². The lowest BCUT2D eigenvalue weighted by Gasteiger charge is -1.94. The highest BCUT2D eigenvalue weighted by molar-refractivity contribution is 7.83. The van der Waals surface area contributed by atoms with Crippen LogP contribution in [0.15, 0.2) is 28.0 Å². The van der Waals surface area contributed by atoms with Crippen molar-refractivity contribution in [3.63, 3.8) is 0 Å². The summed E-state index contributed by atoms with van der Waals surface area (Å²) in [6, 6.07) is 4.24. The molecule has 0 radical (unpaired) electrons. The summed E-state index contributed by atoms with van der Waals surface area (Å²) in [4.78, 5) is 1.26. The van der Waals surface area contributed by atoms with Crippen LogP contribution in [0.25, 0.3) is 0 Å². The van der Waals surface area contributed by atoms with E-state index in [1.54, 1.807) is 6.07 Å². The number of rotatable bonds is 0. The zero-order chi connectivity index (χ0) is 6.85. The van der Waals surface area contributed by atoms with Gasteiger partial charge in [-0.15, -0.1) is 25.3 Å². The van der Waals surface area contributed by atoms with E-state index < -0.39 is 0 Å². The first kappa shape index (κ1) is 6.96. The van der Waals surface area contributed by atoms with Gasteiger partial charge in [-0.2, -0.15) is 0 Å². The van der Waals surface area contributed by atoms with Gasteiger partial charge in [0.1, 0.15) is 5.82 Å². The van der Waals surface area contributed by atoms with Gasteiger partial charge in [0.05, 0.1) is 0 Å². The first-order chi connectivity index (χ1) is 4.20. The molecule has 1 rings (SSSR count). The van der Waals surface area contributed by atoms with E-state index in [1.807, 2.05) is 0 Å². The van der Waals surface area contributed by atoms with E-state index in [4.69, 9.17) is 0 Å². The summed E-state index contributed by atoms with van der Waals surface area (Å²) in [5, 5.41) is 0. The molecule has 0 N–H and O–H groups in total. The molecule has 0 atom stereocenters. The van der Waals surface area contributed by atoms with Crippen LogP contribution in [0.3, 0.4) is 0 Å². The second-order valence-electron chi connectivity index (χ2n) is 1.63. The van der Waals surface area contributed by atoms with Crippen molar-refractivity contribution in [2.45, 2.75) is 9.79 Å². The van der Waals surface area contributed by atoms with Crippen molar-refractivity contribution >= 4 is 25.3 Å². The Labute approximate surface area is 63.9 Å². The van der Waals surface area contributed by atoms with Gasteiger partial charge < -0.3 is 0 Å². The van der Waals surface area contributed by atoms with Crippen LogP contribution < -0.4 is 0 Å². The lowest BCUT2D eigenvalue weighted by atomic mass is 10.3. The quantitative estimate of drug-likeness (QED) is 0.535. The van der Waals surface area contributed by atoms with E-state index in [-0.39, 0.29) is 5.82 Å². The predicted molar refractivity (Wildman–Crippen MR) is 40.9 cm³/mol. The lowest BCUT2D eigenvalue weighted by Crippen LogP contribution is -1.74. The fraction of sp³-hybridized carbons (Fsp3) is 0. The summed E-state index contributed by atoms with van der Waals surface area (Å²) < 4.78 is 12.3. The highest BCUT2D eigenvalue weighted by Gasteiger charge is 1.93. The highest BCUT2D eigenvalue weighted by Crippen LogP contribution is 2.17. The average Bonchev–Trinajstić information content (AvgIpc) is 1.80. The lowest BCUT2D eigenvalue weighted by molar-refractivity contribution is 0.622. The molecule has 0 amide bonds. The Balaban J connectivity index is 3.17. The van der Waals surface area contributed by atoms with Crippen molar-refractivity contribution in [1.82, 2.24) is 0 Å². The Bertz CT molecular complexity index is 222. The average molecular weight is 160 g/mol. The molecule has 3 heteroatoms. The minimum Gasteiger partial charge on any atom is -0.207 e. The van der Waals surface area contributed by atoms with Crippen LogP contribution in [0.2, 0.25) is 0 Å². The van der Waals surface area contributed by atoms with Crippen LogP contribution in [-0.4, -0.2) is 0 Å². The SMILES string of the molecule is Fc1ccc(S)c(S)c1. The topological polar surface area (TPSA) is 0 Å². The van der Waals surface area contributed by atoms with E-state index in [2.05, 4.69) is 25.3 Å². The van der Waals surface area contributed by atoms with Gasteiger partial charge in [-0.3, -0.25) is 0 Å². The number of hydrogen-bond donors (Lipinski definition) is 2. The summed E-state index contributed by atoms with van der Waals surface area (Å²) in [5.41, 5.74) is 0. The molecule has 0 nitrogen and oxygen atoms in total. The Morgan fingerprint density at radius 3 is 2.22 bits per heavy atom. The normalized spacial score (nSPS) is 9.67. The number of hydrogen-bond acceptors (Lipinski definition) is 2. The molecule has 1 aromatic carbocycles. The Kier molecular flexibility index (Phi) is 2.03. The van der Waals surface area contributed by atoms with Crippen LogP contribution in [0.5, 0.6) is 0 Å². The van der Waals surface area contributed by atoms with Gasteiger partial charge in [0, 0.05) is 9.79 Å². The first-order valence-electron chi connectivity index (χ1n) is 2.37. The molecule has 0 aromatic heterocycles. The Morgan fingerprint density at radius 2 is 1.78 bits per heavy atom. The van der Waals surface area contributed by atoms with E-state index in [0.717, 1.165) is 0 Å². The molecule has 0 aliphatic rings. The maximum absolute atomic E-state index is 12.3. The summed E-state index contributed by atoms with van der Waals surface area (Å²) in [5.74, 6) is -0.280. The number of benzene rings is 1. The molecule has 0 bridgehead atoms. The minimum absolute atomic E-state index is 0.280. The fourth-order valence-electron chi connectivity index (χ4n) is 0.497. The Morgan fingerprint density at radius 1 is 1.11 bits per heavy atom. The second kappa shape index (κ2) is 2.62. The summed E-state index contributed by atoms with van der Waals surface area (Å²) >= 11 is 7.95. The third-order valence-electron chi connectivity index (χ3n) is 0.937. The van der Waals surface area contributed by atoms with Crippen molar-refractivity contribution < 1.29 is 4.39 Å². The number of halogens is 1. The molecule has 9 heavy (non-hydrogen) atoms. The van der Waals surface area contributed by atoms with E-state index in [9.17, 15) is 4.39 Å². The van der Waals surface area contributed by atoms with E-state index >= 15 is 0 Å². The third kappa shape index (κ3) is 1.63. The molecule has 0 saturated heterocycles. The monoisotopic (exact) mass is 160 g/mol. The van der Waals surface area contributed by atoms with Crippen molar-refractivity contribution in [1.29, 1.82) is 0 Å². The minimum atomic E-state index is -0.280. The van der Waals surface area contributed by atoms with Crippen molar-refractivity contribution in [3.8, 4) is 0 Å². The van der Waals surface area contributed by atoms with E-state index in [1.165, 1.54) is 12.1 Å². The molecule has 0 unspecified atom stereocenters. The predicted octanol–water partition coefficient (Wildman–Crippen LogP) is 2.40. The van der Waals surface area contributed by atoms with Crippen LogP contribution >= 0.6 is 25.3 Å². The van der Waals surface area contributed by atoms with Crippen molar-refractivity contribution in [3.05, 3.63) is 24.0 Å². The van der Waals surface area contributed by atoms with Gasteiger partial charge in [-0.25, -0.2) is 4.39 Å². The third-order valence-corrected chi connectivity index (χ3v) is 1.87. The molecule has 0 aliphatic carbocycles. The van der Waals surface area contributed by atoms with Crippen LogP contribution in [-0.2, 0) is 0 Å². The first-order valence-corrected chi connectivity index (χ1v) is 3.27. The molecule has 48 valence electrons. The number of thiol groups is 2. The molecular formula is C6H5FS2. The Hall–Kier alpha value is -0.150. The van der Waals surface area contributed by atoms with Gasteiger partial charge in [0.15, 0.2) is 0 Å². The molecule has 1 aromatic rings. The maximum Gasteiger partial charge on any atom is 0.124 e. The molecule has 0 aliphatic heterocycles. The van der Waals surface area contributed by atoms with Crippen LogP contribution in [0.1, 0.15) is 0 Å². The fourth-order valence-corrected chi connectivity index (χ4v) is 0.834. The summed E-state index contributed by atoms with van der Waals surface area (Å²) in [6.45, 7) is 0. The molecule has 0 saturated carbocycles. The summed E-state index contributed by atoms with van der Waals surface area (Å²) in [6.07, 6.45) is 0.